The third kappa shape index (κ3) is 9.81. The van der Waals surface area contributed by atoms with E-state index in [0.29, 0.717) is 6.10 Å². The van der Waals surface area contributed by atoms with E-state index in [-0.39, 0.29) is 0 Å². The van der Waals surface area contributed by atoms with Crippen LogP contribution >= 0.6 is 0 Å². The van der Waals surface area contributed by atoms with Crippen LogP contribution in [0.3, 0.4) is 0 Å². The molecule has 0 bridgehead atoms. The Morgan fingerprint density at radius 3 is 2.18 bits per heavy atom. The van der Waals surface area contributed by atoms with Gasteiger partial charge in [-0.1, -0.05) is 32.6 Å². The minimum absolute atomic E-state index is 0.521. The van der Waals surface area contributed by atoms with Crippen LogP contribution in [0, 0.1) is 5.92 Å². The predicted molar refractivity (Wildman–Crippen MR) is 96.2 cm³/mol. The molecular formula is C19H40N2O. The molecule has 2 N–H and O–H groups in total. The summed E-state index contributed by atoms with van der Waals surface area (Å²) >= 11 is 0. The smallest absolute Gasteiger partial charge is 0.0575 e. The van der Waals surface area contributed by atoms with Gasteiger partial charge in [0.15, 0.2) is 0 Å². The summed E-state index contributed by atoms with van der Waals surface area (Å²) < 4.78 is 6.02. The van der Waals surface area contributed by atoms with Crippen LogP contribution in [0.2, 0.25) is 0 Å². The fourth-order valence-corrected chi connectivity index (χ4v) is 3.37. The van der Waals surface area contributed by atoms with Crippen molar-refractivity contribution in [3.63, 3.8) is 0 Å². The Morgan fingerprint density at radius 2 is 1.55 bits per heavy atom. The van der Waals surface area contributed by atoms with Crippen molar-refractivity contribution < 1.29 is 4.74 Å². The van der Waals surface area contributed by atoms with Crippen molar-refractivity contribution in [1.29, 1.82) is 0 Å². The van der Waals surface area contributed by atoms with Crippen LogP contribution in [0.1, 0.15) is 77.6 Å². The van der Waals surface area contributed by atoms with Crippen LogP contribution in [0.4, 0.5) is 0 Å². The monoisotopic (exact) mass is 312 g/mol. The van der Waals surface area contributed by atoms with Crippen molar-refractivity contribution in [3.05, 3.63) is 0 Å². The Bertz CT molecular complexity index is 240. The Morgan fingerprint density at radius 1 is 0.909 bits per heavy atom. The number of nitrogens with two attached hydrogens (primary N) is 1. The summed E-state index contributed by atoms with van der Waals surface area (Å²) in [6.45, 7) is 6.62. The van der Waals surface area contributed by atoms with Crippen molar-refractivity contribution in [1.82, 2.24) is 4.90 Å². The van der Waals surface area contributed by atoms with Crippen LogP contribution in [0.25, 0.3) is 0 Å². The van der Waals surface area contributed by atoms with Gasteiger partial charge in [-0.05, 0) is 77.5 Å². The highest BCUT2D eigenvalue weighted by molar-refractivity contribution is 4.73. The molecule has 0 unspecified atom stereocenters. The minimum atomic E-state index is 0.521. The van der Waals surface area contributed by atoms with Gasteiger partial charge in [0.1, 0.15) is 0 Å². The standard InChI is InChI=1S/C19H40N2O/c1-3-4-7-14-21(2)15-8-5-6-9-16-22-19-12-10-18(17-20)11-13-19/h18-19H,3-17,20H2,1-2H3. The summed E-state index contributed by atoms with van der Waals surface area (Å²) in [6.07, 6.45) is 14.8. The first-order valence-electron chi connectivity index (χ1n) is 9.76. The molecular weight excluding hydrogens is 272 g/mol. The molecule has 0 amide bonds. The van der Waals surface area contributed by atoms with Crippen LogP contribution in [-0.4, -0.2) is 44.3 Å². The van der Waals surface area contributed by atoms with E-state index in [4.69, 9.17) is 10.5 Å². The Kier molecular flexibility index (Phi) is 12.1. The van der Waals surface area contributed by atoms with Crippen LogP contribution < -0.4 is 5.73 Å². The summed E-state index contributed by atoms with van der Waals surface area (Å²) in [6, 6.07) is 0. The van der Waals surface area contributed by atoms with Gasteiger partial charge in [0.2, 0.25) is 0 Å². The second-order valence-electron chi connectivity index (χ2n) is 7.17. The second-order valence-corrected chi connectivity index (χ2v) is 7.17. The molecule has 0 spiro atoms. The number of ether oxygens (including phenoxy) is 1. The van der Waals surface area contributed by atoms with Gasteiger partial charge in [0, 0.05) is 6.61 Å². The van der Waals surface area contributed by atoms with Crippen LogP contribution in [-0.2, 0) is 4.74 Å². The van der Waals surface area contributed by atoms with Crippen molar-refractivity contribution in [2.24, 2.45) is 11.7 Å². The first-order chi connectivity index (χ1) is 10.8. The lowest BCUT2D eigenvalue weighted by molar-refractivity contribution is 0.0169. The van der Waals surface area contributed by atoms with Crippen molar-refractivity contribution >= 4 is 0 Å². The maximum absolute atomic E-state index is 6.02. The lowest BCUT2D eigenvalue weighted by Crippen LogP contribution is -2.26. The van der Waals surface area contributed by atoms with Crippen LogP contribution in [0.15, 0.2) is 0 Å². The molecule has 1 aliphatic carbocycles. The highest BCUT2D eigenvalue weighted by atomic mass is 16.5. The maximum Gasteiger partial charge on any atom is 0.0575 e. The minimum Gasteiger partial charge on any atom is -0.378 e. The molecule has 22 heavy (non-hydrogen) atoms. The van der Waals surface area contributed by atoms with E-state index in [9.17, 15) is 0 Å². The number of hydrogen-bond acceptors (Lipinski definition) is 3. The molecule has 3 nitrogen and oxygen atoms in total. The maximum atomic E-state index is 6.02. The lowest BCUT2D eigenvalue weighted by atomic mass is 9.87. The van der Waals surface area contributed by atoms with Crippen LogP contribution in [0.5, 0.6) is 0 Å². The number of rotatable bonds is 13. The number of hydrogen-bond donors (Lipinski definition) is 1. The molecule has 3 heteroatoms. The molecule has 1 rings (SSSR count). The second kappa shape index (κ2) is 13.3. The van der Waals surface area contributed by atoms with Crippen molar-refractivity contribution in [2.75, 3.05) is 33.3 Å². The van der Waals surface area contributed by atoms with Gasteiger partial charge < -0.3 is 15.4 Å². The number of nitrogens with zero attached hydrogens (tertiary/aromatic N) is 1. The molecule has 1 fully saturated rings. The molecule has 1 aliphatic rings. The van der Waals surface area contributed by atoms with Gasteiger partial charge in [-0.3, -0.25) is 0 Å². The van der Waals surface area contributed by atoms with Gasteiger partial charge in [0.25, 0.3) is 0 Å². The average Bonchev–Trinajstić information content (AvgIpc) is 2.55. The molecule has 132 valence electrons. The van der Waals surface area contributed by atoms with E-state index in [2.05, 4.69) is 18.9 Å². The molecule has 0 aromatic heterocycles. The topological polar surface area (TPSA) is 38.5 Å². The third-order valence-corrected chi connectivity index (χ3v) is 5.06. The zero-order valence-electron chi connectivity index (χ0n) is 15.2. The van der Waals surface area contributed by atoms with E-state index in [1.165, 1.54) is 83.7 Å². The van der Waals surface area contributed by atoms with E-state index >= 15 is 0 Å². The number of unbranched alkanes of at least 4 members (excludes halogenated alkanes) is 5. The highest BCUT2D eigenvalue weighted by Gasteiger charge is 2.20. The summed E-state index contributed by atoms with van der Waals surface area (Å²) in [4.78, 5) is 2.49. The van der Waals surface area contributed by atoms with Gasteiger partial charge in [-0.15, -0.1) is 0 Å². The Labute approximate surface area is 139 Å². The van der Waals surface area contributed by atoms with E-state index in [1.807, 2.05) is 0 Å². The van der Waals surface area contributed by atoms with E-state index in [1.54, 1.807) is 0 Å². The summed E-state index contributed by atoms with van der Waals surface area (Å²) in [5, 5.41) is 0. The van der Waals surface area contributed by atoms with E-state index < -0.39 is 0 Å². The summed E-state index contributed by atoms with van der Waals surface area (Å²) in [7, 11) is 2.26. The highest BCUT2D eigenvalue weighted by Crippen LogP contribution is 2.25. The fraction of sp³-hybridized carbons (Fsp3) is 1.00. The van der Waals surface area contributed by atoms with Gasteiger partial charge >= 0.3 is 0 Å². The first kappa shape index (κ1) is 19.9. The molecule has 0 heterocycles. The Balaban J connectivity index is 1.84. The molecule has 0 aromatic carbocycles. The molecule has 1 saturated carbocycles. The van der Waals surface area contributed by atoms with Gasteiger partial charge in [-0.2, -0.15) is 0 Å². The molecule has 0 aromatic rings. The SMILES string of the molecule is CCCCCN(C)CCCCCCOC1CCC(CN)CC1. The predicted octanol–water partition coefficient (Wildman–Crippen LogP) is 4.20. The normalized spacial score (nSPS) is 22.4. The average molecular weight is 313 g/mol. The molecule has 0 aliphatic heterocycles. The largest absolute Gasteiger partial charge is 0.378 e. The fourth-order valence-electron chi connectivity index (χ4n) is 3.37. The van der Waals surface area contributed by atoms with E-state index in [0.717, 1.165) is 19.1 Å². The Hall–Kier alpha value is -0.120. The summed E-state index contributed by atoms with van der Waals surface area (Å²) in [5.41, 5.74) is 5.73. The first-order valence-corrected chi connectivity index (χ1v) is 9.76. The van der Waals surface area contributed by atoms with Gasteiger partial charge in [-0.25, -0.2) is 0 Å². The molecule has 0 saturated heterocycles. The quantitative estimate of drug-likeness (QED) is 0.518. The zero-order chi connectivity index (χ0) is 16.0. The molecule has 0 radical (unpaired) electrons. The van der Waals surface area contributed by atoms with Crippen molar-refractivity contribution in [2.45, 2.75) is 83.7 Å². The zero-order valence-corrected chi connectivity index (χ0v) is 15.2. The third-order valence-electron chi connectivity index (χ3n) is 5.06. The molecule has 0 atom stereocenters. The van der Waals surface area contributed by atoms with Crippen molar-refractivity contribution in [3.8, 4) is 0 Å². The van der Waals surface area contributed by atoms with Gasteiger partial charge in [0.05, 0.1) is 6.10 Å². The lowest BCUT2D eigenvalue weighted by Gasteiger charge is -2.27. The summed E-state index contributed by atoms with van der Waals surface area (Å²) in [5.74, 6) is 0.758.